The van der Waals surface area contributed by atoms with Gasteiger partial charge in [0.25, 0.3) is 0 Å². The normalized spacial score (nSPS) is 15.7. The van der Waals surface area contributed by atoms with E-state index in [-0.39, 0.29) is 43.2 Å². The fourth-order valence-corrected chi connectivity index (χ4v) is 3.48. The Hall–Kier alpha value is -2.69. The highest BCUT2D eigenvalue weighted by Crippen LogP contribution is 2.32. The predicted molar refractivity (Wildman–Crippen MR) is 99.2 cm³/mol. The largest absolute Gasteiger partial charge is 0.338 e. The van der Waals surface area contributed by atoms with Crippen LogP contribution in [0.1, 0.15) is 31.4 Å². The number of nitrogens with zero attached hydrogens (tertiary/aromatic N) is 2. The van der Waals surface area contributed by atoms with Gasteiger partial charge in [-0.15, -0.1) is 0 Å². The van der Waals surface area contributed by atoms with Crippen molar-refractivity contribution in [3.05, 3.63) is 65.5 Å². The van der Waals surface area contributed by atoms with Crippen molar-refractivity contribution in [2.45, 2.75) is 39.3 Å². The summed E-state index contributed by atoms with van der Waals surface area (Å²) in [5.41, 5.74) is 2.58. The Balaban J connectivity index is 1.67. The van der Waals surface area contributed by atoms with Crippen LogP contribution in [0.15, 0.2) is 48.5 Å². The van der Waals surface area contributed by atoms with Crippen molar-refractivity contribution in [1.29, 1.82) is 0 Å². The first-order valence-electron chi connectivity index (χ1n) is 8.86. The van der Waals surface area contributed by atoms with Crippen molar-refractivity contribution in [3.63, 3.8) is 0 Å². The molecule has 2 aromatic rings. The summed E-state index contributed by atoms with van der Waals surface area (Å²) < 4.78 is 13.9. The molecular formula is C21H23FN2O2. The average molecular weight is 354 g/mol. The van der Waals surface area contributed by atoms with Crippen LogP contribution in [0, 0.1) is 5.82 Å². The Morgan fingerprint density at radius 3 is 2.58 bits per heavy atom. The van der Waals surface area contributed by atoms with Gasteiger partial charge in [-0.25, -0.2) is 4.39 Å². The van der Waals surface area contributed by atoms with Crippen LogP contribution in [0.3, 0.4) is 0 Å². The summed E-state index contributed by atoms with van der Waals surface area (Å²) in [5, 5.41) is 0. The van der Waals surface area contributed by atoms with Crippen molar-refractivity contribution in [2.24, 2.45) is 0 Å². The lowest BCUT2D eigenvalue weighted by Crippen LogP contribution is -2.39. The maximum absolute atomic E-state index is 13.9. The van der Waals surface area contributed by atoms with Gasteiger partial charge in [0.15, 0.2) is 0 Å². The maximum Gasteiger partial charge on any atom is 0.229 e. The van der Waals surface area contributed by atoms with Crippen LogP contribution in [0.4, 0.5) is 10.1 Å². The van der Waals surface area contributed by atoms with Gasteiger partial charge in [-0.05, 0) is 31.0 Å². The highest BCUT2D eigenvalue weighted by Gasteiger charge is 2.30. The Labute approximate surface area is 153 Å². The molecule has 4 nitrogen and oxygen atoms in total. The molecule has 0 spiro atoms. The minimum Gasteiger partial charge on any atom is -0.338 e. The minimum absolute atomic E-state index is 0.0118. The smallest absolute Gasteiger partial charge is 0.229 e. The molecule has 5 heteroatoms. The second kappa shape index (κ2) is 7.68. The maximum atomic E-state index is 13.9. The molecule has 0 saturated carbocycles. The molecule has 1 unspecified atom stereocenters. The summed E-state index contributed by atoms with van der Waals surface area (Å²) in [4.78, 5) is 28.0. The van der Waals surface area contributed by atoms with Crippen molar-refractivity contribution in [2.75, 3.05) is 11.4 Å². The fraction of sp³-hybridized carbons (Fsp3) is 0.333. The van der Waals surface area contributed by atoms with E-state index in [1.807, 2.05) is 36.1 Å². The van der Waals surface area contributed by atoms with Crippen LogP contribution in [0.25, 0.3) is 0 Å². The molecule has 136 valence electrons. The van der Waals surface area contributed by atoms with Crippen LogP contribution in [0.5, 0.6) is 0 Å². The van der Waals surface area contributed by atoms with E-state index in [4.69, 9.17) is 0 Å². The minimum atomic E-state index is -0.341. The molecule has 2 amide bonds. The number of amides is 2. The Bertz CT molecular complexity index is 821. The van der Waals surface area contributed by atoms with Gasteiger partial charge in [-0.2, -0.15) is 0 Å². The van der Waals surface area contributed by atoms with Crippen molar-refractivity contribution < 1.29 is 14.0 Å². The van der Waals surface area contributed by atoms with E-state index in [0.29, 0.717) is 5.56 Å². The standard InChI is InChI=1S/C21H23FN2O2/c1-15-13-17-7-4-6-10-20(17)24(15)21(26)11-12-23(16(2)25)14-18-8-3-5-9-19(18)22/h3-10,15H,11-14H2,1-2H3. The molecule has 0 saturated heterocycles. The summed E-state index contributed by atoms with van der Waals surface area (Å²) in [7, 11) is 0. The van der Waals surface area contributed by atoms with Gasteiger partial charge in [0.1, 0.15) is 5.82 Å². The van der Waals surface area contributed by atoms with Gasteiger partial charge in [-0.3, -0.25) is 9.59 Å². The molecule has 1 atom stereocenters. The van der Waals surface area contributed by atoms with Crippen molar-refractivity contribution in [3.8, 4) is 0 Å². The van der Waals surface area contributed by atoms with E-state index in [0.717, 1.165) is 12.1 Å². The Morgan fingerprint density at radius 1 is 1.15 bits per heavy atom. The second-order valence-electron chi connectivity index (χ2n) is 6.73. The lowest BCUT2D eigenvalue weighted by atomic mass is 10.1. The lowest BCUT2D eigenvalue weighted by molar-refractivity contribution is -0.130. The third kappa shape index (κ3) is 3.77. The molecule has 0 aliphatic carbocycles. The molecule has 1 aliphatic heterocycles. The predicted octanol–water partition coefficient (Wildman–Crippen LogP) is 3.54. The number of carbonyl (C=O) groups excluding carboxylic acids is 2. The fourth-order valence-electron chi connectivity index (χ4n) is 3.48. The van der Waals surface area contributed by atoms with E-state index in [1.165, 1.54) is 23.5 Å². The number of carbonyl (C=O) groups is 2. The molecule has 1 heterocycles. The van der Waals surface area contributed by atoms with E-state index in [9.17, 15) is 14.0 Å². The first-order valence-corrected chi connectivity index (χ1v) is 8.86. The van der Waals surface area contributed by atoms with Gasteiger partial charge in [-0.1, -0.05) is 36.4 Å². The van der Waals surface area contributed by atoms with Gasteiger partial charge in [0.2, 0.25) is 11.8 Å². The molecule has 0 fully saturated rings. The summed E-state index contributed by atoms with van der Waals surface area (Å²) in [6.45, 7) is 3.91. The second-order valence-corrected chi connectivity index (χ2v) is 6.73. The van der Waals surface area contributed by atoms with Crippen LogP contribution in [0.2, 0.25) is 0 Å². The molecule has 26 heavy (non-hydrogen) atoms. The monoisotopic (exact) mass is 354 g/mol. The Kier molecular flexibility index (Phi) is 5.35. The number of anilines is 1. The van der Waals surface area contributed by atoms with E-state index in [1.54, 1.807) is 18.2 Å². The van der Waals surface area contributed by atoms with Gasteiger partial charge in [0.05, 0.1) is 0 Å². The molecule has 0 bridgehead atoms. The van der Waals surface area contributed by atoms with Crippen LogP contribution in [-0.2, 0) is 22.6 Å². The topological polar surface area (TPSA) is 40.6 Å². The third-order valence-electron chi connectivity index (χ3n) is 4.84. The van der Waals surface area contributed by atoms with E-state index in [2.05, 4.69) is 0 Å². The average Bonchev–Trinajstić information content (AvgIpc) is 2.95. The SMILES string of the molecule is CC(=O)N(CCC(=O)N1c2ccccc2CC1C)Cc1ccccc1F. The highest BCUT2D eigenvalue weighted by atomic mass is 19.1. The Morgan fingerprint density at radius 2 is 1.85 bits per heavy atom. The van der Waals surface area contributed by atoms with E-state index >= 15 is 0 Å². The first kappa shape index (κ1) is 18.1. The van der Waals surface area contributed by atoms with Crippen molar-refractivity contribution in [1.82, 2.24) is 4.90 Å². The lowest BCUT2D eigenvalue weighted by Gasteiger charge is -2.26. The third-order valence-corrected chi connectivity index (χ3v) is 4.84. The summed E-state index contributed by atoms with van der Waals surface area (Å²) >= 11 is 0. The van der Waals surface area contributed by atoms with Crippen LogP contribution in [-0.4, -0.2) is 29.3 Å². The molecule has 1 aliphatic rings. The molecule has 0 aromatic heterocycles. The van der Waals surface area contributed by atoms with Crippen LogP contribution >= 0.6 is 0 Å². The summed E-state index contributed by atoms with van der Waals surface area (Å²) in [5.74, 6) is -0.523. The molecule has 3 rings (SSSR count). The number of fused-ring (bicyclic) bond motifs is 1. The number of rotatable bonds is 5. The highest BCUT2D eigenvalue weighted by molar-refractivity contribution is 5.96. The molecule has 0 N–H and O–H groups in total. The molecule has 2 aromatic carbocycles. The number of para-hydroxylation sites is 1. The first-order chi connectivity index (χ1) is 12.5. The summed E-state index contributed by atoms with van der Waals surface area (Å²) in [6, 6.07) is 14.4. The number of hydrogen-bond donors (Lipinski definition) is 0. The van der Waals surface area contributed by atoms with Crippen molar-refractivity contribution >= 4 is 17.5 Å². The molecular weight excluding hydrogens is 331 g/mol. The number of benzene rings is 2. The summed E-state index contributed by atoms with van der Waals surface area (Å²) in [6.07, 6.45) is 1.06. The van der Waals surface area contributed by atoms with Gasteiger partial charge >= 0.3 is 0 Å². The molecule has 0 radical (unpaired) electrons. The zero-order valence-electron chi connectivity index (χ0n) is 15.1. The number of halogens is 1. The zero-order chi connectivity index (χ0) is 18.7. The zero-order valence-corrected chi connectivity index (χ0v) is 15.1. The van der Waals surface area contributed by atoms with Gasteiger partial charge < -0.3 is 9.80 Å². The van der Waals surface area contributed by atoms with E-state index < -0.39 is 0 Å². The van der Waals surface area contributed by atoms with Gasteiger partial charge in [0, 0.05) is 43.7 Å². The van der Waals surface area contributed by atoms with Crippen LogP contribution < -0.4 is 4.90 Å². The number of hydrogen-bond acceptors (Lipinski definition) is 2. The quantitative estimate of drug-likeness (QED) is 0.824.